The van der Waals surface area contributed by atoms with Gasteiger partial charge in [0.1, 0.15) is 0 Å². The van der Waals surface area contributed by atoms with Crippen LogP contribution in [-0.2, 0) is 0 Å². The lowest BCUT2D eigenvalue weighted by Gasteiger charge is -2.49. The Kier molecular flexibility index (Phi) is 3.23. The van der Waals surface area contributed by atoms with Gasteiger partial charge in [0.15, 0.2) is 0 Å². The van der Waals surface area contributed by atoms with Crippen molar-refractivity contribution in [1.29, 1.82) is 0 Å². The summed E-state index contributed by atoms with van der Waals surface area (Å²) in [4.78, 5) is 0. The van der Waals surface area contributed by atoms with Crippen LogP contribution in [0, 0.1) is 11.3 Å². The van der Waals surface area contributed by atoms with Crippen molar-refractivity contribution >= 4 is 0 Å². The third kappa shape index (κ3) is 2.05. The quantitative estimate of drug-likeness (QED) is 0.697. The molecular formula is C11H24O2. The normalized spacial score (nSPS) is 22.6. The first-order chi connectivity index (χ1) is 5.44. The molecule has 0 rings (SSSR count). The molecule has 0 saturated carbocycles. The zero-order valence-electron chi connectivity index (χ0n) is 9.97. The third-order valence-corrected chi connectivity index (χ3v) is 3.57. The van der Waals surface area contributed by atoms with Crippen LogP contribution in [0.15, 0.2) is 0 Å². The highest BCUT2D eigenvalue weighted by Gasteiger charge is 2.51. The van der Waals surface area contributed by atoms with E-state index in [1.807, 2.05) is 34.6 Å². The molecule has 2 nitrogen and oxygen atoms in total. The van der Waals surface area contributed by atoms with Gasteiger partial charge in [0.25, 0.3) is 0 Å². The summed E-state index contributed by atoms with van der Waals surface area (Å²) >= 11 is 0. The number of aliphatic hydroxyl groups is 2. The van der Waals surface area contributed by atoms with Crippen LogP contribution in [0.3, 0.4) is 0 Å². The van der Waals surface area contributed by atoms with Gasteiger partial charge in [0.05, 0.1) is 11.2 Å². The number of hydrogen-bond donors (Lipinski definition) is 2. The van der Waals surface area contributed by atoms with Gasteiger partial charge < -0.3 is 10.2 Å². The van der Waals surface area contributed by atoms with Crippen molar-refractivity contribution in [1.82, 2.24) is 0 Å². The molecule has 0 aliphatic heterocycles. The highest BCUT2D eigenvalue weighted by molar-refractivity contribution is 5.02. The van der Waals surface area contributed by atoms with Crippen molar-refractivity contribution < 1.29 is 10.2 Å². The topological polar surface area (TPSA) is 40.5 Å². The van der Waals surface area contributed by atoms with E-state index < -0.39 is 11.2 Å². The van der Waals surface area contributed by atoms with Gasteiger partial charge in [0, 0.05) is 0 Å². The van der Waals surface area contributed by atoms with Crippen LogP contribution in [0.5, 0.6) is 0 Å². The summed E-state index contributed by atoms with van der Waals surface area (Å²) in [5.74, 6) is 0.0294. The first kappa shape index (κ1) is 12.9. The van der Waals surface area contributed by atoms with Crippen molar-refractivity contribution in [3.05, 3.63) is 0 Å². The van der Waals surface area contributed by atoms with Gasteiger partial charge in [-0.2, -0.15) is 0 Å². The molecule has 0 heterocycles. The minimum Gasteiger partial charge on any atom is -0.387 e. The van der Waals surface area contributed by atoms with Crippen LogP contribution in [0.1, 0.15) is 48.5 Å². The Morgan fingerprint density at radius 3 is 1.23 bits per heavy atom. The zero-order valence-corrected chi connectivity index (χ0v) is 9.97. The summed E-state index contributed by atoms with van der Waals surface area (Å²) in [7, 11) is 0. The Bertz CT molecular complexity index is 173. The summed E-state index contributed by atoms with van der Waals surface area (Å²) in [6, 6.07) is 0. The van der Waals surface area contributed by atoms with E-state index in [4.69, 9.17) is 0 Å². The van der Waals surface area contributed by atoms with E-state index in [9.17, 15) is 10.2 Å². The van der Waals surface area contributed by atoms with Gasteiger partial charge in [-0.25, -0.2) is 0 Å². The molecule has 0 aromatic carbocycles. The molecule has 0 bridgehead atoms. The molecule has 0 spiro atoms. The highest BCUT2D eigenvalue weighted by atomic mass is 16.4. The molecule has 0 saturated heterocycles. The molecule has 13 heavy (non-hydrogen) atoms. The average molecular weight is 188 g/mol. The maximum Gasteiger partial charge on any atom is 0.0953 e. The van der Waals surface area contributed by atoms with E-state index in [0.29, 0.717) is 0 Å². The summed E-state index contributed by atoms with van der Waals surface area (Å²) in [6.07, 6.45) is 0. The van der Waals surface area contributed by atoms with Gasteiger partial charge in [-0.3, -0.25) is 0 Å². The zero-order chi connectivity index (χ0) is 11.1. The molecule has 0 aromatic heterocycles. The third-order valence-electron chi connectivity index (χ3n) is 3.57. The molecule has 80 valence electrons. The second-order valence-corrected chi connectivity index (χ2v) is 5.62. The molecule has 2 N–H and O–H groups in total. The van der Waals surface area contributed by atoms with Crippen molar-refractivity contribution in [2.45, 2.75) is 59.7 Å². The van der Waals surface area contributed by atoms with Crippen molar-refractivity contribution in [3.8, 4) is 0 Å². The first-order valence-corrected chi connectivity index (χ1v) is 4.89. The predicted molar refractivity (Wildman–Crippen MR) is 55.5 cm³/mol. The Balaban J connectivity index is 5.04. The summed E-state index contributed by atoms with van der Waals surface area (Å²) in [5, 5.41) is 20.5. The van der Waals surface area contributed by atoms with E-state index in [0.717, 1.165) is 0 Å². The highest BCUT2D eigenvalue weighted by Crippen LogP contribution is 2.41. The van der Waals surface area contributed by atoms with Crippen LogP contribution in [-0.4, -0.2) is 21.4 Å². The summed E-state index contributed by atoms with van der Waals surface area (Å²) in [5.41, 5.74) is -2.49. The monoisotopic (exact) mass is 188 g/mol. The lowest BCUT2D eigenvalue weighted by molar-refractivity contribution is -0.203. The molecule has 0 radical (unpaired) electrons. The minimum absolute atomic E-state index is 0.0294. The molecule has 0 aromatic rings. The Labute approximate surface area is 82.0 Å². The van der Waals surface area contributed by atoms with E-state index in [-0.39, 0.29) is 11.3 Å². The van der Waals surface area contributed by atoms with Crippen LogP contribution < -0.4 is 0 Å². The maximum absolute atomic E-state index is 10.3. The summed E-state index contributed by atoms with van der Waals surface area (Å²) in [6.45, 7) is 13.0. The smallest absolute Gasteiger partial charge is 0.0953 e. The molecule has 0 aliphatic rings. The maximum atomic E-state index is 10.3. The predicted octanol–water partition coefficient (Wildman–Crippen LogP) is 2.19. The van der Waals surface area contributed by atoms with Crippen LogP contribution in [0.2, 0.25) is 0 Å². The molecular weight excluding hydrogens is 164 g/mol. The second kappa shape index (κ2) is 3.25. The van der Waals surface area contributed by atoms with Crippen LogP contribution in [0.4, 0.5) is 0 Å². The van der Waals surface area contributed by atoms with E-state index in [2.05, 4.69) is 0 Å². The lowest BCUT2D eigenvalue weighted by Crippen LogP contribution is -2.60. The Morgan fingerprint density at radius 1 is 0.846 bits per heavy atom. The van der Waals surface area contributed by atoms with Crippen LogP contribution >= 0.6 is 0 Å². The molecule has 0 aliphatic carbocycles. The van der Waals surface area contributed by atoms with Gasteiger partial charge in [-0.1, -0.05) is 34.6 Å². The Morgan fingerprint density at radius 2 is 1.15 bits per heavy atom. The van der Waals surface area contributed by atoms with E-state index in [1.54, 1.807) is 13.8 Å². The van der Waals surface area contributed by atoms with Gasteiger partial charge in [-0.05, 0) is 25.2 Å². The molecule has 2 unspecified atom stereocenters. The van der Waals surface area contributed by atoms with Crippen molar-refractivity contribution in [3.63, 3.8) is 0 Å². The molecule has 0 fully saturated rings. The largest absolute Gasteiger partial charge is 0.387 e. The van der Waals surface area contributed by atoms with Crippen molar-refractivity contribution in [2.75, 3.05) is 0 Å². The average Bonchev–Trinajstić information content (AvgIpc) is 1.84. The standard InChI is InChI=1S/C11H24O2/c1-8(2)10(6,12)11(7,13)9(3,4)5/h8,12-13H,1-7H3. The Hall–Kier alpha value is -0.0800. The summed E-state index contributed by atoms with van der Waals surface area (Å²) < 4.78 is 0. The van der Waals surface area contributed by atoms with E-state index >= 15 is 0 Å². The second-order valence-electron chi connectivity index (χ2n) is 5.62. The fourth-order valence-electron chi connectivity index (χ4n) is 1.32. The van der Waals surface area contributed by atoms with Gasteiger partial charge >= 0.3 is 0 Å². The van der Waals surface area contributed by atoms with Crippen molar-refractivity contribution in [2.24, 2.45) is 11.3 Å². The minimum atomic E-state index is -1.09. The number of rotatable bonds is 2. The molecule has 2 heteroatoms. The molecule has 0 amide bonds. The van der Waals surface area contributed by atoms with E-state index in [1.165, 1.54) is 0 Å². The fraction of sp³-hybridized carbons (Fsp3) is 1.00. The first-order valence-electron chi connectivity index (χ1n) is 4.89. The van der Waals surface area contributed by atoms with Gasteiger partial charge in [-0.15, -0.1) is 0 Å². The van der Waals surface area contributed by atoms with Crippen LogP contribution in [0.25, 0.3) is 0 Å². The van der Waals surface area contributed by atoms with Gasteiger partial charge in [0.2, 0.25) is 0 Å². The SMILES string of the molecule is CC(C)C(C)(O)C(C)(O)C(C)(C)C. The fourth-order valence-corrected chi connectivity index (χ4v) is 1.32. The lowest BCUT2D eigenvalue weighted by atomic mass is 9.64. The molecule has 2 atom stereocenters. The number of hydrogen-bond acceptors (Lipinski definition) is 2.